The van der Waals surface area contributed by atoms with Crippen molar-refractivity contribution in [1.29, 1.82) is 0 Å². The van der Waals surface area contributed by atoms with Gasteiger partial charge in [0.15, 0.2) is 0 Å². The van der Waals surface area contributed by atoms with Crippen LogP contribution >= 0.6 is 0 Å². The molecule has 0 aliphatic heterocycles. The van der Waals surface area contributed by atoms with Gasteiger partial charge in [-0.2, -0.15) is 0 Å². The van der Waals surface area contributed by atoms with Crippen molar-refractivity contribution in [3.63, 3.8) is 0 Å². The first-order valence-electron chi connectivity index (χ1n) is 4.52. The van der Waals surface area contributed by atoms with E-state index in [1.165, 1.54) is 24.8 Å². The molecule has 62 valence electrons. The lowest BCUT2D eigenvalue weighted by molar-refractivity contribution is -0.118. The van der Waals surface area contributed by atoms with Crippen LogP contribution in [0.25, 0.3) is 0 Å². The first-order valence-corrected chi connectivity index (χ1v) is 4.52. The second-order valence-corrected chi connectivity index (χ2v) is 3.18. The number of rotatable bonds is 3. The highest BCUT2D eigenvalue weighted by Crippen LogP contribution is 2.20. The summed E-state index contributed by atoms with van der Waals surface area (Å²) in [5, 5.41) is 0. The molecular formula is C10H16O. The van der Waals surface area contributed by atoms with Crippen LogP contribution in [0, 0.1) is 0 Å². The minimum atomic E-state index is 0.387. The smallest absolute Gasteiger partial charge is 0.136 e. The standard InChI is InChI=1S/C10H16O/c1-2-10(11)8-9-6-4-3-5-7-9/h6H,2-5,7-8H2,1H3. The van der Waals surface area contributed by atoms with Gasteiger partial charge < -0.3 is 0 Å². The molecule has 1 aliphatic rings. The van der Waals surface area contributed by atoms with Crippen LogP contribution < -0.4 is 0 Å². The molecule has 0 aromatic carbocycles. The molecule has 0 atom stereocenters. The summed E-state index contributed by atoms with van der Waals surface area (Å²) in [6.45, 7) is 1.94. The molecular weight excluding hydrogens is 136 g/mol. The van der Waals surface area contributed by atoms with Gasteiger partial charge in [0.05, 0.1) is 0 Å². The summed E-state index contributed by atoms with van der Waals surface area (Å²) < 4.78 is 0. The summed E-state index contributed by atoms with van der Waals surface area (Å²) in [4.78, 5) is 11.0. The third-order valence-corrected chi connectivity index (χ3v) is 2.20. The highest BCUT2D eigenvalue weighted by atomic mass is 16.1. The van der Waals surface area contributed by atoms with Crippen molar-refractivity contribution in [2.45, 2.75) is 45.4 Å². The molecule has 0 N–H and O–H groups in total. The second-order valence-electron chi connectivity index (χ2n) is 3.18. The number of Topliss-reactive ketones (excluding diaryl/α,β-unsaturated/α-hetero) is 1. The molecule has 0 saturated heterocycles. The van der Waals surface area contributed by atoms with E-state index in [-0.39, 0.29) is 0 Å². The minimum absolute atomic E-state index is 0.387. The molecule has 11 heavy (non-hydrogen) atoms. The molecule has 0 amide bonds. The van der Waals surface area contributed by atoms with Crippen LogP contribution in [0.1, 0.15) is 45.4 Å². The molecule has 0 aromatic heterocycles. The summed E-state index contributed by atoms with van der Waals surface area (Å²) in [5.74, 6) is 0.387. The maximum Gasteiger partial charge on any atom is 0.136 e. The van der Waals surface area contributed by atoms with Gasteiger partial charge in [-0.05, 0) is 25.7 Å². The molecule has 0 bridgehead atoms. The second kappa shape index (κ2) is 4.32. The lowest BCUT2D eigenvalue weighted by atomic mass is 9.95. The van der Waals surface area contributed by atoms with E-state index >= 15 is 0 Å². The molecule has 0 aromatic rings. The maximum atomic E-state index is 11.0. The fourth-order valence-electron chi connectivity index (χ4n) is 1.44. The monoisotopic (exact) mass is 152 g/mol. The van der Waals surface area contributed by atoms with Gasteiger partial charge in [-0.3, -0.25) is 4.79 Å². The van der Waals surface area contributed by atoms with Crippen LogP contribution in [-0.4, -0.2) is 5.78 Å². The van der Waals surface area contributed by atoms with Gasteiger partial charge in [-0.1, -0.05) is 18.6 Å². The Morgan fingerprint density at radius 1 is 1.55 bits per heavy atom. The number of hydrogen-bond acceptors (Lipinski definition) is 1. The number of ketones is 1. The van der Waals surface area contributed by atoms with Crippen molar-refractivity contribution in [3.05, 3.63) is 11.6 Å². The van der Waals surface area contributed by atoms with Crippen molar-refractivity contribution in [1.82, 2.24) is 0 Å². The van der Waals surface area contributed by atoms with Crippen molar-refractivity contribution >= 4 is 5.78 Å². The van der Waals surface area contributed by atoms with Gasteiger partial charge in [0.2, 0.25) is 0 Å². The van der Waals surface area contributed by atoms with Crippen LogP contribution in [0.15, 0.2) is 11.6 Å². The Labute approximate surface area is 68.5 Å². The Hall–Kier alpha value is -0.590. The van der Waals surface area contributed by atoms with E-state index in [1.807, 2.05) is 6.92 Å². The first-order chi connectivity index (χ1) is 5.33. The Kier molecular flexibility index (Phi) is 3.34. The molecule has 0 fully saturated rings. The summed E-state index contributed by atoms with van der Waals surface area (Å²) >= 11 is 0. The van der Waals surface area contributed by atoms with E-state index in [0.717, 1.165) is 12.8 Å². The largest absolute Gasteiger partial charge is 0.299 e. The quantitative estimate of drug-likeness (QED) is 0.568. The Morgan fingerprint density at radius 2 is 2.36 bits per heavy atom. The maximum absolute atomic E-state index is 11.0. The molecule has 1 aliphatic carbocycles. The molecule has 0 unspecified atom stereocenters. The SMILES string of the molecule is CCC(=O)CC1=CCCCC1. The lowest BCUT2D eigenvalue weighted by Gasteiger charge is -2.10. The molecule has 0 heterocycles. The summed E-state index contributed by atoms with van der Waals surface area (Å²) in [6, 6.07) is 0. The topological polar surface area (TPSA) is 17.1 Å². The van der Waals surface area contributed by atoms with E-state index in [9.17, 15) is 4.79 Å². The molecule has 0 radical (unpaired) electrons. The predicted octanol–water partition coefficient (Wildman–Crippen LogP) is 2.86. The molecule has 1 heteroatoms. The van der Waals surface area contributed by atoms with Crippen molar-refractivity contribution in [2.75, 3.05) is 0 Å². The highest BCUT2D eigenvalue weighted by molar-refractivity contribution is 5.80. The average Bonchev–Trinajstić information content (AvgIpc) is 2.06. The predicted molar refractivity (Wildman–Crippen MR) is 46.5 cm³/mol. The third kappa shape index (κ3) is 2.87. The Morgan fingerprint density at radius 3 is 2.91 bits per heavy atom. The van der Waals surface area contributed by atoms with E-state index in [2.05, 4.69) is 6.08 Å². The minimum Gasteiger partial charge on any atom is -0.299 e. The van der Waals surface area contributed by atoms with Crippen LogP contribution in [0.4, 0.5) is 0 Å². The van der Waals surface area contributed by atoms with Gasteiger partial charge >= 0.3 is 0 Å². The summed E-state index contributed by atoms with van der Waals surface area (Å²) in [6.07, 6.45) is 8.59. The zero-order chi connectivity index (χ0) is 8.10. The Balaban J connectivity index is 2.35. The normalized spacial score (nSPS) is 17.7. The Bertz CT molecular complexity index is 168. The highest BCUT2D eigenvalue weighted by Gasteiger charge is 2.06. The fourth-order valence-corrected chi connectivity index (χ4v) is 1.44. The third-order valence-electron chi connectivity index (χ3n) is 2.20. The first kappa shape index (κ1) is 8.51. The zero-order valence-electron chi connectivity index (χ0n) is 7.23. The number of allylic oxidation sites excluding steroid dienone is 2. The van der Waals surface area contributed by atoms with E-state index in [0.29, 0.717) is 12.2 Å². The number of carbonyl (C=O) groups is 1. The number of hydrogen-bond donors (Lipinski definition) is 0. The van der Waals surface area contributed by atoms with Gasteiger partial charge in [0, 0.05) is 12.8 Å². The van der Waals surface area contributed by atoms with Gasteiger partial charge in [-0.25, -0.2) is 0 Å². The van der Waals surface area contributed by atoms with Crippen molar-refractivity contribution in [3.8, 4) is 0 Å². The summed E-state index contributed by atoms with van der Waals surface area (Å²) in [5.41, 5.74) is 1.38. The van der Waals surface area contributed by atoms with Crippen LogP contribution in [0.5, 0.6) is 0 Å². The van der Waals surface area contributed by atoms with Crippen molar-refractivity contribution < 1.29 is 4.79 Å². The molecule has 1 rings (SSSR count). The average molecular weight is 152 g/mol. The van der Waals surface area contributed by atoms with Gasteiger partial charge in [-0.15, -0.1) is 0 Å². The van der Waals surface area contributed by atoms with Gasteiger partial charge in [0.25, 0.3) is 0 Å². The van der Waals surface area contributed by atoms with E-state index in [4.69, 9.17) is 0 Å². The summed E-state index contributed by atoms with van der Waals surface area (Å²) in [7, 11) is 0. The zero-order valence-corrected chi connectivity index (χ0v) is 7.23. The van der Waals surface area contributed by atoms with Crippen LogP contribution in [0.2, 0.25) is 0 Å². The van der Waals surface area contributed by atoms with Crippen LogP contribution in [-0.2, 0) is 4.79 Å². The van der Waals surface area contributed by atoms with E-state index < -0.39 is 0 Å². The van der Waals surface area contributed by atoms with Crippen LogP contribution in [0.3, 0.4) is 0 Å². The van der Waals surface area contributed by atoms with E-state index in [1.54, 1.807) is 0 Å². The molecule has 0 spiro atoms. The fraction of sp³-hybridized carbons (Fsp3) is 0.700. The number of carbonyl (C=O) groups excluding carboxylic acids is 1. The lowest BCUT2D eigenvalue weighted by Crippen LogP contribution is -2.00. The van der Waals surface area contributed by atoms with Crippen molar-refractivity contribution in [2.24, 2.45) is 0 Å². The molecule has 0 saturated carbocycles. The van der Waals surface area contributed by atoms with Gasteiger partial charge in [0.1, 0.15) is 5.78 Å². The molecule has 1 nitrogen and oxygen atoms in total.